The Balaban J connectivity index is 4.63. The first-order valence-corrected chi connectivity index (χ1v) is 22.2. The number of esters is 2. The molecule has 0 heterocycles. The number of rotatable bonds is 37. The lowest BCUT2D eigenvalue weighted by atomic mass is 10.1. The molecule has 13 heteroatoms. The molecule has 0 saturated carbocycles. The van der Waals surface area contributed by atoms with Crippen molar-refractivity contribution in [1.29, 1.82) is 0 Å². The lowest BCUT2D eigenvalue weighted by Gasteiger charge is -2.20. The Morgan fingerprint density at radius 2 is 1.21 bits per heavy atom. The first-order chi connectivity index (χ1) is 27.5. The molecule has 0 aromatic rings. The fraction of sp³-hybridized carbons (Fsp3) is 0.614. The number of unbranched alkanes of at least 4 members (excludes halogenated alkanes) is 9. The number of hydrogen-bond donors (Lipinski definition) is 4. The Morgan fingerprint density at radius 3 is 1.88 bits per heavy atom. The summed E-state index contributed by atoms with van der Waals surface area (Å²) in [4.78, 5) is 45.9. The number of allylic oxidation sites excluding steroid dienone is 12. The molecular formula is C44H72NO11P. The molecule has 0 rings (SSSR count). The number of carbonyl (C=O) groups is 3. The summed E-state index contributed by atoms with van der Waals surface area (Å²) in [6.45, 7) is 2.47. The highest BCUT2D eigenvalue weighted by atomic mass is 31.2. The van der Waals surface area contributed by atoms with Crippen LogP contribution in [0.3, 0.4) is 0 Å². The number of carbonyl (C=O) groups excluding carboxylic acids is 2. The minimum Gasteiger partial charge on any atom is -0.480 e. The molecule has 2 unspecified atom stereocenters. The van der Waals surface area contributed by atoms with Crippen LogP contribution in [-0.2, 0) is 37.5 Å². The molecule has 0 aliphatic heterocycles. The van der Waals surface area contributed by atoms with E-state index in [-0.39, 0.29) is 12.8 Å². The number of aliphatic carboxylic acids is 1. The van der Waals surface area contributed by atoms with Gasteiger partial charge in [-0.2, -0.15) is 0 Å². The van der Waals surface area contributed by atoms with Gasteiger partial charge in [0.05, 0.1) is 19.3 Å². The predicted molar refractivity (Wildman–Crippen MR) is 227 cm³/mol. The summed E-state index contributed by atoms with van der Waals surface area (Å²) >= 11 is 0. The standard InChI is InChI=1S/C44H72NO11P/c1-3-5-7-9-11-13-14-15-16-17-18-20-22-26-30-34-42(47)53-36-40(37-54-57(51,52)55-38-41(45)44(49)50)56-43(48)35-31-27-23-25-29-33-39(46)32-28-24-21-19-12-10-8-6-4-2/h5,7,11-13,15-16,19,23-25,28-29,33,39-41,46H,3-4,6,8-10,14,17-18,20-22,26-27,30-32,34-38,45H2,1-2H3,(H,49,50)(H,51,52)/b7-5-,13-11-,16-15-,19-12-,25-23+,28-24-,33-29-/t39?,40-,41+/m1/s1. The van der Waals surface area contributed by atoms with E-state index < -0.39 is 63.8 Å². The van der Waals surface area contributed by atoms with E-state index in [9.17, 15) is 28.9 Å². The third-order valence-electron chi connectivity index (χ3n) is 8.21. The molecule has 0 aliphatic rings. The Morgan fingerprint density at radius 1 is 0.649 bits per heavy atom. The van der Waals surface area contributed by atoms with Crippen molar-refractivity contribution >= 4 is 25.7 Å². The van der Waals surface area contributed by atoms with Crippen LogP contribution in [0.1, 0.15) is 136 Å². The molecule has 12 nitrogen and oxygen atoms in total. The number of hydrogen-bond acceptors (Lipinski definition) is 10. The van der Waals surface area contributed by atoms with Gasteiger partial charge in [-0.15, -0.1) is 0 Å². The van der Waals surface area contributed by atoms with Gasteiger partial charge in [-0.3, -0.25) is 23.4 Å². The maximum Gasteiger partial charge on any atom is 0.472 e. The second-order valence-electron chi connectivity index (χ2n) is 13.6. The first-order valence-electron chi connectivity index (χ1n) is 20.7. The summed E-state index contributed by atoms with van der Waals surface area (Å²) in [5.74, 6) is -2.56. The van der Waals surface area contributed by atoms with E-state index in [1.807, 2.05) is 18.2 Å². The van der Waals surface area contributed by atoms with E-state index in [1.54, 1.807) is 18.2 Å². The Bertz CT molecular complexity index is 1300. The molecule has 0 radical (unpaired) electrons. The topological polar surface area (TPSA) is 192 Å². The molecule has 0 aromatic heterocycles. The van der Waals surface area contributed by atoms with Gasteiger partial charge in [-0.25, -0.2) is 4.57 Å². The zero-order valence-corrected chi connectivity index (χ0v) is 35.4. The molecule has 0 spiro atoms. The van der Waals surface area contributed by atoms with E-state index in [4.69, 9.17) is 24.8 Å². The van der Waals surface area contributed by atoms with Gasteiger partial charge in [0.2, 0.25) is 0 Å². The van der Waals surface area contributed by atoms with Gasteiger partial charge >= 0.3 is 25.7 Å². The number of aliphatic hydroxyl groups excluding tert-OH is 1. The van der Waals surface area contributed by atoms with Crippen LogP contribution < -0.4 is 5.73 Å². The monoisotopic (exact) mass is 821 g/mol. The number of carboxylic acids is 1. The van der Waals surface area contributed by atoms with Crippen molar-refractivity contribution < 1.29 is 52.6 Å². The highest BCUT2D eigenvalue weighted by Gasteiger charge is 2.28. The molecule has 57 heavy (non-hydrogen) atoms. The van der Waals surface area contributed by atoms with Crippen LogP contribution in [0.5, 0.6) is 0 Å². The van der Waals surface area contributed by atoms with Gasteiger partial charge in [-0.1, -0.05) is 131 Å². The molecular weight excluding hydrogens is 749 g/mol. The summed E-state index contributed by atoms with van der Waals surface area (Å²) in [5, 5.41) is 19.0. The number of phosphoric acid groups is 1. The van der Waals surface area contributed by atoms with Crippen LogP contribution in [-0.4, -0.2) is 71.1 Å². The number of aliphatic hydroxyl groups is 1. The fourth-order valence-corrected chi connectivity index (χ4v) is 5.69. The Hall–Kier alpha value is -3.38. The smallest absolute Gasteiger partial charge is 0.472 e. The maximum atomic E-state index is 12.6. The van der Waals surface area contributed by atoms with Crippen LogP contribution in [0, 0.1) is 0 Å². The van der Waals surface area contributed by atoms with Crippen molar-refractivity contribution in [2.75, 3.05) is 19.8 Å². The van der Waals surface area contributed by atoms with Crippen molar-refractivity contribution in [3.8, 4) is 0 Å². The third-order valence-corrected chi connectivity index (χ3v) is 9.16. The SMILES string of the molecule is CC/C=C\C/C=C\C/C=C\CCCCCCCC(=O)OC[C@H](COP(=O)(O)OC[C@H](N)C(=O)O)OC(=O)CCC/C=C/C=C\C(O)C/C=C\C/C=C\CCCCC. The number of carboxylic acid groups (broad SMARTS) is 1. The van der Waals surface area contributed by atoms with Crippen molar-refractivity contribution in [3.05, 3.63) is 85.1 Å². The molecule has 0 bridgehead atoms. The zero-order valence-electron chi connectivity index (χ0n) is 34.5. The molecule has 0 aliphatic carbocycles. The molecule has 0 amide bonds. The van der Waals surface area contributed by atoms with E-state index in [1.165, 1.54) is 19.3 Å². The van der Waals surface area contributed by atoms with Crippen molar-refractivity contribution in [3.63, 3.8) is 0 Å². The van der Waals surface area contributed by atoms with Gasteiger partial charge in [0.15, 0.2) is 6.10 Å². The highest BCUT2D eigenvalue weighted by molar-refractivity contribution is 7.47. The average molecular weight is 822 g/mol. The van der Waals surface area contributed by atoms with Gasteiger partial charge in [0, 0.05) is 12.8 Å². The van der Waals surface area contributed by atoms with Crippen LogP contribution in [0.25, 0.3) is 0 Å². The molecule has 0 fully saturated rings. The van der Waals surface area contributed by atoms with E-state index in [0.717, 1.165) is 64.2 Å². The quantitative estimate of drug-likeness (QED) is 0.0153. The minimum absolute atomic E-state index is 0.0174. The normalized spacial score (nSPS) is 15.2. The predicted octanol–water partition coefficient (Wildman–Crippen LogP) is 9.69. The second kappa shape index (κ2) is 38.2. The number of ether oxygens (including phenoxy) is 2. The summed E-state index contributed by atoms with van der Waals surface area (Å²) in [7, 11) is -4.76. The van der Waals surface area contributed by atoms with Crippen molar-refractivity contribution in [1.82, 2.24) is 0 Å². The van der Waals surface area contributed by atoms with E-state index in [2.05, 4.69) is 67.0 Å². The highest BCUT2D eigenvalue weighted by Crippen LogP contribution is 2.43. The molecule has 0 aromatic carbocycles. The van der Waals surface area contributed by atoms with Gasteiger partial charge in [0.1, 0.15) is 12.6 Å². The van der Waals surface area contributed by atoms with Crippen LogP contribution in [0.2, 0.25) is 0 Å². The second-order valence-corrected chi connectivity index (χ2v) is 15.0. The third kappa shape index (κ3) is 37.9. The lowest BCUT2D eigenvalue weighted by Crippen LogP contribution is -2.34. The number of nitrogens with two attached hydrogens (primary N) is 1. The summed E-state index contributed by atoms with van der Waals surface area (Å²) < 4.78 is 32.5. The van der Waals surface area contributed by atoms with Gasteiger partial charge in [0.25, 0.3) is 0 Å². The van der Waals surface area contributed by atoms with Gasteiger partial charge in [-0.05, 0) is 77.0 Å². The van der Waals surface area contributed by atoms with E-state index in [0.29, 0.717) is 25.7 Å². The van der Waals surface area contributed by atoms with Crippen molar-refractivity contribution in [2.45, 2.75) is 154 Å². The Labute approximate surface area is 342 Å². The molecule has 5 N–H and O–H groups in total. The summed E-state index contributed by atoms with van der Waals surface area (Å²) in [6, 6.07) is -1.55. The van der Waals surface area contributed by atoms with Gasteiger partial charge < -0.3 is 30.3 Å². The molecule has 0 saturated heterocycles. The summed E-state index contributed by atoms with van der Waals surface area (Å²) in [6.07, 6.45) is 42.5. The lowest BCUT2D eigenvalue weighted by molar-refractivity contribution is -0.161. The zero-order chi connectivity index (χ0) is 42.2. The van der Waals surface area contributed by atoms with Crippen LogP contribution >= 0.6 is 7.82 Å². The average Bonchev–Trinajstić information content (AvgIpc) is 3.18. The summed E-state index contributed by atoms with van der Waals surface area (Å²) in [5.41, 5.74) is 5.31. The van der Waals surface area contributed by atoms with E-state index >= 15 is 0 Å². The molecule has 4 atom stereocenters. The minimum atomic E-state index is -4.76. The van der Waals surface area contributed by atoms with Crippen molar-refractivity contribution in [2.24, 2.45) is 5.73 Å². The maximum absolute atomic E-state index is 12.6. The van der Waals surface area contributed by atoms with Crippen LogP contribution in [0.15, 0.2) is 85.1 Å². The molecule has 324 valence electrons. The Kier molecular flexibility index (Phi) is 35.9. The largest absolute Gasteiger partial charge is 0.480 e. The first kappa shape index (κ1) is 53.6. The number of phosphoric ester groups is 1. The fourth-order valence-electron chi connectivity index (χ4n) is 4.91. The van der Waals surface area contributed by atoms with Crippen LogP contribution in [0.4, 0.5) is 0 Å².